The van der Waals surface area contributed by atoms with Crippen molar-refractivity contribution in [3.63, 3.8) is 0 Å². The molecule has 0 aliphatic rings. The Bertz CT molecular complexity index is 628. The first-order valence-electron chi connectivity index (χ1n) is 6.82. The normalized spacial score (nSPS) is 11.0. The van der Waals surface area contributed by atoms with E-state index in [-0.39, 0.29) is 5.41 Å². The maximum Gasteiger partial charge on any atom is 0.411 e. The first kappa shape index (κ1) is 15.0. The number of benzene rings is 1. The molecule has 0 fully saturated rings. The number of pyridine rings is 1. The number of carbonyl (C=O) groups is 1. The fraction of sp³-hybridized carbons (Fsp3) is 0.294. The Morgan fingerprint density at radius 2 is 1.76 bits per heavy atom. The molecule has 0 unspecified atom stereocenters. The van der Waals surface area contributed by atoms with Gasteiger partial charge in [0, 0.05) is 23.0 Å². The lowest BCUT2D eigenvalue weighted by molar-refractivity contribution is 0.187. The molecule has 110 valence electrons. The molecular formula is C17H20N2O2. The van der Waals surface area contributed by atoms with Crippen molar-refractivity contribution < 1.29 is 9.53 Å². The number of hydrogen-bond donors (Lipinski definition) is 1. The Morgan fingerprint density at radius 1 is 1.10 bits per heavy atom. The summed E-state index contributed by atoms with van der Waals surface area (Å²) in [5.41, 5.74) is 3.97. The van der Waals surface area contributed by atoms with E-state index in [4.69, 9.17) is 0 Å². The van der Waals surface area contributed by atoms with Crippen molar-refractivity contribution in [1.29, 1.82) is 0 Å². The molecule has 0 radical (unpaired) electrons. The number of nitrogens with one attached hydrogen (secondary N) is 1. The summed E-state index contributed by atoms with van der Waals surface area (Å²) < 4.78 is 4.56. The van der Waals surface area contributed by atoms with Crippen LogP contribution >= 0.6 is 0 Å². The Balaban J connectivity index is 2.25. The molecule has 4 nitrogen and oxygen atoms in total. The van der Waals surface area contributed by atoms with Crippen molar-refractivity contribution in [2.24, 2.45) is 0 Å². The molecule has 1 aromatic heterocycles. The Morgan fingerprint density at radius 3 is 2.33 bits per heavy atom. The number of rotatable bonds is 2. The lowest BCUT2D eigenvalue weighted by Gasteiger charge is -2.18. The van der Waals surface area contributed by atoms with Gasteiger partial charge in [0.15, 0.2) is 0 Å². The smallest absolute Gasteiger partial charge is 0.411 e. The van der Waals surface area contributed by atoms with Crippen LogP contribution in [-0.2, 0) is 10.2 Å². The van der Waals surface area contributed by atoms with Crippen LogP contribution in [-0.4, -0.2) is 18.2 Å². The second-order valence-electron chi connectivity index (χ2n) is 5.87. The Kier molecular flexibility index (Phi) is 4.26. The van der Waals surface area contributed by atoms with Gasteiger partial charge in [-0.25, -0.2) is 4.79 Å². The minimum atomic E-state index is -0.471. The van der Waals surface area contributed by atoms with E-state index in [9.17, 15) is 4.79 Å². The third-order valence-electron chi connectivity index (χ3n) is 3.18. The predicted octanol–water partition coefficient (Wildman–Crippen LogP) is 4.22. The number of hydrogen-bond acceptors (Lipinski definition) is 3. The van der Waals surface area contributed by atoms with Gasteiger partial charge in [0.2, 0.25) is 0 Å². The molecule has 0 atom stereocenters. The zero-order chi connectivity index (χ0) is 15.5. The SMILES string of the molecule is COC(=O)Nc1ccc(-c2ccnc(C(C)(C)C)c2)cc1. The second-order valence-corrected chi connectivity index (χ2v) is 5.87. The highest BCUT2D eigenvalue weighted by atomic mass is 16.5. The van der Waals surface area contributed by atoms with Crippen molar-refractivity contribution in [2.45, 2.75) is 26.2 Å². The van der Waals surface area contributed by atoms with Crippen molar-refractivity contribution in [3.05, 3.63) is 48.3 Å². The van der Waals surface area contributed by atoms with E-state index in [0.717, 1.165) is 16.8 Å². The number of amides is 1. The van der Waals surface area contributed by atoms with Crippen molar-refractivity contribution >= 4 is 11.8 Å². The summed E-state index contributed by atoms with van der Waals surface area (Å²) >= 11 is 0. The fourth-order valence-corrected chi connectivity index (χ4v) is 1.94. The average Bonchev–Trinajstić information content (AvgIpc) is 2.47. The topological polar surface area (TPSA) is 51.2 Å². The number of nitrogens with zero attached hydrogens (tertiary/aromatic N) is 1. The van der Waals surface area contributed by atoms with Gasteiger partial charge in [0.05, 0.1) is 7.11 Å². The monoisotopic (exact) mass is 284 g/mol. The quantitative estimate of drug-likeness (QED) is 0.898. The molecule has 4 heteroatoms. The van der Waals surface area contributed by atoms with Crippen molar-refractivity contribution in [3.8, 4) is 11.1 Å². The van der Waals surface area contributed by atoms with Gasteiger partial charge in [-0.3, -0.25) is 10.3 Å². The largest absolute Gasteiger partial charge is 0.453 e. The molecule has 0 saturated carbocycles. The van der Waals surface area contributed by atoms with Crippen molar-refractivity contribution in [1.82, 2.24) is 4.98 Å². The molecule has 2 rings (SSSR count). The number of aromatic nitrogens is 1. The summed E-state index contributed by atoms with van der Waals surface area (Å²) in [7, 11) is 1.34. The molecule has 0 bridgehead atoms. The van der Waals surface area contributed by atoms with Gasteiger partial charge in [-0.1, -0.05) is 32.9 Å². The standard InChI is InChI=1S/C17H20N2O2/c1-17(2,3)15-11-13(9-10-18-15)12-5-7-14(8-6-12)19-16(20)21-4/h5-11H,1-4H3,(H,19,20). The average molecular weight is 284 g/mol. The van der Waals surface area contributed by atoms with Gasteiger partial charge >= 0.3 is 6.09 Å². The van der Waals surface area contributed by atoms with Gasteiger partial charge in [-0.15, -0.1) is 0 Å². The van der Waals surface area contributed by atoms with E-state index in [0.29, 0.717) is 5.69 Å². The van der Waals surface area contributed by atoms with Crippen LogP contribution in [0.3, 0.4) is 0 Å². The summed E-state index contributed by atoms with van der Waals surface area (Å²) in [5.74, 6) is 0. The highest BCUT2D eigenvalue weighted by Gasteiger charge is 2.15. The van der Waals surface area contributed by atoms with Gasteiger partial charge < -0.3 is 4.74 Å². The minimum absolute atomic E-state index is 0.0163. The van der Waals surface area contributed by atoms with E-state index in [2.05, 4.69) is 41.9 Å². The van der Waals surface area contributed by atoms with Crippen LogP contribution < -0.4 is 5.32 Å². The molecular weight excluding hydrogens is 264 g/mol. The number of anilines is 1. The van der Waals surface area contributed by atoms with Crippen LogP contribution in [0.1, 0.15) is 26.5 Å². The van der Waals surface area contributed by atoms with Crippen LogP contribution in [0.15, 0.2) is 42.6 Å². The van der Waals surface area contributed by atoms with Crippen LogP contribution in [0.25, 0.3) is 11.1 Å². The summed E-state index contributed by atoms with van der Waals surface area (Å²) in [5, 5.41) is 2.63. The zero-order valence-corrected chi connectivity index (χ0v) is 12.8. The summed E-state index contributed by atoms with van der Waals surface area (Å²) in [4.78, 5) is 15.6. The molecule has 1 N–H and O–H groups in total. The van der Waals surface area contributed by atoms with Crippen LogP contribution in [0.5, 0.6) is 0 Å². The molecule has 1 aromatic carbocycles. The summed E-state index contributed by atoms with van der Waals surface area (Å²) in [6.45, 7) is 6.42. The zero-order valence-electron chi connectivity index (χ0n) is 12.8. The molecule has 0 saturated heterocycles. The maximum absolute atomic E-state index is 11.1. The molecule has 0 aliphatic heterocycles. The van der Waals surface area contributed by atoms with Gasteiger partial charge in [0.1, 0.15) is 0 Å². The van der Waals surface area contributed by atoms with Gasteiger partial charge in [-0.05, 0) is 35.4 Å². The van der Waals surface area contributed by atoms with E-state index < -0.39 is 6.09 Å². The maximum atomic E-state index is 11.1. The van der Waals surface area contributed by atoms with E-state index in [1.807, 2.05) is 36.5 Å². The first-order valence-corrected chi connectivity index (χ1v) is 6.82. The minimum Gasteiger partial charge on any atom is -0.453 e. The number of ether oxygens (including phenoxy) is 1. The van der Waals surface area contributed by atoms with E-state index in [1.165, 1.54) is 7.11 Å². The first-order chi connectivity index (χ1) is 9.90. The summed E-state index contributed by atoms with van der Waals surface area (Å²) in [6.07, 6.45) is 1.36. The van der Waals surface area contributed by atoms with Crippen LogP contribution in [0, 0.1) is 0 Å². The van der Waals surface area contributed by atoms with Gasteiger partial charge in [-0.2, -0.15) is 0 Å². The molecule has 0 aliphatic carbocycles. The fourth-order valence-electron chi connectivity index (χ4n) is 1.94. The summed E-state index contributed by atoms with van der Waals surface area (Å²) in [6, 6.07) is 11.7. The lowest BCUT2D eigenvalue weighted by atomic mass is 9.90. The molecule has 21 heavy (non-hydrogen) atoms. The molecule has 2 aromatic rings. The third kappa shape index (κ3) is 3.81. The Hall–Kier alpha value is -2.36. The van der Waals surface area contributed by atoms with Crippen LogP contribution in [0.2, 0.25) is 0 Å². The number of carbonyl (C=O) groups excluding carboxylic acids is 1. The lowest BCUT2D eigenvalue weighted by Crippen LogP contribution is -2.13. The van der Waals surface area contributed by atoms with E-state index in [1.54, 1.807) is 0 Å². The Labute approximate surface area is 125 Å². The second kappa shape index (κ2) is 5.95. The predicted molar refractivity (Wildman–Crippen MR) is 84.4 cm³/mol. The van der Waals surface area contributed by atoms with Crippen LogP contribution in [0.4, 0.5) is 10.5 Å². The molecule has 0 spiro atoms. The molecule has 1 heterocycles. The van der Waals surface area contributed by atoms with Crippen molar-refractivity contribution in [2.75, 3.05) is 12.4 Å². The van der Waals surface area contributed by atoms with Gasteiger partial charge in [0.25, 0.3) is 0 Å². The molecule has 1 amide bonds. The highest BCUT2D eigenvalue weighted by molar-refractivity contribution is 5.85. The number of methoxy groups -OCH3 is 1. The van der Waals surface area contributed by atoms with E-state index >= 15 is 0 Å². The third-order valence-corrected chi connectivity index (χ3v) is 3.18. The highest BCUT2D eigenvalue weighted by Crippen LogP contribution is 2.26.